The van der Waals surface area contributed by atoms with Crippen LogP contribution in [-0.4, -0.2) is 34.0 Å². The molecule has 6 heteroatoms. The molecule has 0 bridgehead atoms. The van der Waals surface area contributed by atoms with Gasteiger partial charge in [0.1, 0.15) is 12.4 Å². The summed E-state index contributed by atoms with van der Waals surface area (Å²) >= 11 is 0. The van der Waals surface area contributed by atoms with Gasteiger partial charge in [0.15, 0.2) is 0 Å². The molecule has 3 aromatic rings. The Morgan fingerprint density at radius 1 is 1.12 bits per heavy atom. The molecule has 1 aromatic heterocycles. The molecule has 26 heavy (non-hydrogen) atoms. The van der Waals surface area contributed by atoms with Crippen molar-refractivity contribution >= 4 is 22.8 Å². The van der Waals surface area contributed by atoms with Gasteiger partial charge >= 0.3 is 0 Å². The van der Waals surface area contributed by atoms with Gasteiger partial charge in [0.2, 0.25) is 5.91 Å². The third-order valence-electron chi connectivity index (χ3n) is 4.70. The predicted octanol–water partition coefficient (Wildman–Crippen LogP) is 2.42. The number of fused-ring (bicyclic) bond motifs is 1. The van der Waals surface area contributed by atoms with E-state index < -0.39 is 6.04 Å². The molecule has 1 unspecified atom stereocenters. The molecule has 1 aliphatic heterocycles. The number of aromatic nitrogens is 2. The highest BCUT2D eigenvalue weighted by molar-refractivity contribution is 5.97. The lowest BCUT2D eigenvalue weighted by molar-refractivity contribution is -0.122. The fraction of sp³-hybridized carbons (Fsp3) is 0.250. The summed E-state index contributed by atoms with van der Waals surface area (Å²) in [6.45, 7) is 0.679. The van der Waals surface area contributed by atoms with E-state index in [4.69, 9.17) is 0 Å². The Morgan fingerprint density at radius 2 is 1.92 bits per heavy atom. The SMILES string of the molecule is O=C(NC1CCCCNC1=O)c1ccc(-n2cnc3ccccc32)cc1. The summed E-state index contributed by atoms with van der Waals surface area (Å²) in [5, 5.41) is 5.67. The average Bonchev–Trinajstić information content (AvgIpc) is 3.00. The first-order chi connectivity index (χ1) is 12.7. The molecule has 1 aliphatic rings. The van der Waals surface area contributed by atoms with Gasteiger partial charge in [0, 0.05) is 17.8 Å². The molecule has 132 valence electrons. The smallest absolute Gasteiger partial charge is 0.251 e. The summed E-state index contributed by atoms with van der Waals surface area (Å²) in [7, 11) is 0. The molecule has 0 saturated carbocycles. The second-order valence-electron chi connectivity index (χ2n) is 6.46. The van der Waals surface area contributed by atoms with Crippen molar-refractivity contribution in [2.75, 3.05) is 6.54 Å². The number of nitrogens with one attached hydrogen (secondary N) is 2. The molecule has 2 heterocycles. The highest BCUT2D eigenvalue weighted by Gasteiger charge is 2.22. The first kappa shape index (κ1) is 16.3. The summed E-state index contributed by atoms with van der Waals surface area (Å²) in [5.74, 6) is -0.327. The summed E-state index contributed by atoms with van der Waals surface area (Å²) in [6.07, 6.45) is 4.33. The van der Waals surface area contributed by atoms with Gasteiger partial charge in [-0.1, -0.05) is 12.1 Å². The second kappa shape index (κ2) is 7.00. The minimum atomic E-state index is -0.456. The zero-order valence-electron chi connectivity index (χ0n) is 14.3. The van der Waals surface area contributed by atoms with E-state index in [0.717, 1.165) is 29.6 Å². The topological polar surface area (TPSA) is 76.0 Å². The van der Waals surface area contributed by atoms with E-state index in [2.05, 4.69) is 15.6 Å². The molecule has 2 amide bonds. The highest BCUT2D eigenvalue weighted by Crippen LogP contribution is 2.18. The van der Waals surface area contributed by atoms with Gasteiger partial charge in [-0.05, 0) is 55.7 Å². The van der Waals surface area contributed by atoms with Crippen molar-refractivity contribution < 1.29 is 9.59 Å². The van der Waals surface area contributed by atoms with Gasteiger partial charge in [0.25, 0.3) is 5.91 Å². The maximum Gasteiger partial charge on any atom is 0.251 e. The van der Waals surface area contributed by atoms with Crippen LogP contribution in [0.4, 0.5) is 0 Å². The number of rotatable bonds is 3. The molecule has 1 atom stereocenters. The molecular weight excluding hydrogens is 328 g/mol. The fourth-order valence-corrected chi connectivity index (χ4v) is 3.26. The van der Waals surface area contributed by atoms with E-state index in [-0.39, 0.29) is 11.8 Å². The lowest BCUT2D eigenvalue weighted by Gasteiger charge is -2.15. The van der Waals surface area contributed by atoms with Gasteiger partial charge in [-0.2, -0.15) is 0 Å². The number of nitrogens with zero attached hydrogens (tertiary/aromatic N) is 2. The van der Waals surface area contributed by atoms with Crippen molar-refractivity contribution in [1.82, 2.24) is 20.2 Å². The molecule has 2 N–H and O–H groups in total. The van der Waals surface area contributed by atoms with Crippen LogP contribution < -0.4 is 10.6 Å². The Bertz CT molecular complexity index is 946. The normalized spacial score (nSPS) is 17.5. The zero-order valence-corrected chi connectivity index (χ0v) is 14.3. The maximum absolute atomic E-state index is 12.5. The Kier molecular flexibility index (Phi) is 4.39. The van der Waals surface area contributed by atoms with Crippen molar-refractivity contribution in [3.8, 4) is 5.69 Å². The molecule has 4 rings (SSSR count). The predicted molar refractivity (Wildman–Crippen MR) is 99.2 cm³/mol. The number of hydrogen-bond acceptors (Lipinski definition) is 3. The standard InChI is InChI=1S/C20H20N4O2/c25-19(23-17-6-3-4-12-21-20(17)26)14-8-10-15(11-9-14)24-13-22-16-5-1-2-7-18(16)24/h1-2,5,7-11,13,17H,3-4,6,12H2,(H,21,26)(H,23,25). The van der Waals surface area contributed by atoms with E-state index in [9.17, 15) is 9.59 Å². The van der Waals surface area contributed by atoms with Crippen LogP contribution in [0.3, 0.4) is 0 Å². The first-order valence-electron chi connectivity index (χ1n) is 8.83. The van der Waals surface area contributed by atoms with Gasteiger partial charge in [0.05, 0.1) is 11.0 Å². The molecule has 0 aliphatic carbocycles. The third-order valence-corrected chi connectivity index (χ3v) is 4.70. The van der Waals surface area contributed by atoms with Crippen molar-refractivity contribution in [1.29, 1.82) is 0 Å². The number of amides is 2. The van der Waals surface area contributed by atoms with Crippen LogP contribution in [0.2, 0.25) is 0 Å². The zero-order chi connectivity index (χ0) is 17.9. The van der Waals surface area contributed by atoms with Crippen molar-refractivity contribution in [3.05, 3.63) is 60.4 Å². The van der Waals surface area contributed by atoms with E-state index in [1.54, 1.807) is 18.5 Å². The van der Waals surface area contributed by atoms with Crippen LogP contribution in [-0.2, 0) is 4.79 Å². The number of benzene rings is 2. The average molecular weight is 348 g/mol. The second-order valence-corrected chi connectivity index (χ2v) is 6.46. The number of hydrogen-bond donors (Lipinski definition) is 2. The summed E-state index contributed by atoms with van der Waals surface area (Å²) < 4.78 is 1.98. The Hall–Kier alpha value is -3.15. The first-order valence-corrected chi connectivity index (χ1v) is 8.83. The lowest BCUT2D eigenvalue weighted by atomic mass is 10.1. The number of carbonyl (C=O) groups is 2. The van der Waals surface area contributed by atoms with Gasteiger partial charge in [-0.25, -0.2) is 4.98 Å². The minimum Gasteiger partial charge on any atom is -0.354 e. The number of carbonyl (C=O) groups excluding carboxylic acids is 2. The van der Waals surface area contributed by atoms with E-state index >= 15 is 0 Å². The van der Waals surface area contributed by atoms with Crippen molar-refractivity contribution in [2.24, 2.45) is 0 Å². The number of para-hydroxylation sites is 2. The van der Waals surface area contributed by atoms with E-state index in [0.29, 0.717) is 18.5 Å². The Balaban J connectivity index is 1.52. The van der Waals surface area contributed by atoms with Crippen LogP contribution in [0.25, 0.3) is 16.7 Å². The van der Waals surface area contributed by atoms with E-state index in [1.807, 2.05) is 41.0 Å². The molecule has 1 fully saturated rings. The van der Waals surface area contributed by atoms with Gasteiger partial charge in [-0.3, -0.25) is 14.2 Å². The molecule has 1 saturated heterocycles. The summed E-state index contributed by atoms with van der Waals surface area (Å²) in [5.41, 5.74) is 3.41. The quantitative estimate of drug-likeness (QED) is 0.763. The monoisotopic (exact) mass is 348 g/mol. The molecule has 2 aromatic carbocycles. The Labute approximate surface area is 151 Å². The fourth-order valence-electron chi connectivity index (χ4n) is 3.26. The molecule has 6 nitrogen and oxygen atoms in total. The van der Waals surface area contributed by atoms with E-state index in [1.165, 1.54) is 0 Å². The van der Waals surface area contributed by atoms with Crippen molar-refractivity contribution in [2.45, 2.75) is 25.3 Å². The highest BCUT2D eigenvalue weighted by atomic mass is 16.2. The largest absolute Gasteiger partial charge is 0.354 e. The number of imidazole rings is 1. The molecule has 0 radical (unpaired) electrons. The van der Waals surface area contributed by atoms with Crippen LogP contribution in [0.5, 0.6) is 0 Å². The van der Waals surface area contributed by atoms with Crippen LogP contribution in [0.1, 0.15) is 29.6 Å². The maximum atomic E-state index is 12.5. The minimum absolute atomic E-state index is 0.0997. The van der Waals surface area contributed by atoms with Crippen molar-refractivity contribution in [3.63, 3.8) is 0 Å². The van der Waals surface area contributed by atoms with Crippen LogP contribution in [0.15, 0.2) is 54.9 Å². The van der Waals surface area contributed by atoms with Crippen LogP contribution >= 0.6 is 0 Å². The summed E-state index contributed by atoms with van der Waals surface area (Å²) in [4.78, 5) is 28.8. The van der Waals surface area contributed by atoms with Crippen LogP contribution in [0, 0.1) is 0 Å². The summed E-state index contributed by atoms with van der Waals surface area (Å²) in [6, 6.07) is 14.8. The molecule has 0 spiro atoms. The molecular formula is C20H20N4O2. The lowest BCUT2D eigenvalue weighted by Crippen LogP contribution is -2.45. The third kappa shape index (κ3) is 3.18. The van der Waals surface area contributed by atoms with Gasteiger partial charge in [-0.15, -0.1) is 0 Å². The Morgan fingerprint density at radius 3 is 2.77 bits per heavy atom. The van der Waals surface area contributed by atoms with Gasteiger partial charge < -0.3 is 10.6 Å².